The quantitative estimate of drug-likeness (QED) is 0.538. The van der Waals surface area contributed by atoms with Gasteiger partial charge in [0.15, 0.2) is 0 Å². The fourth-order valence-corrected chi connectivity index (χ4v) is 4.28. The van der Waals surface area contributed by atoms with Crippen molar-refractivity contribution in [2.75, 3.05) is 19.0 Å². The lowest BCUT2D eigenvalue weighted by Crippen LogP contribution is -2.16. The van der Waals surface area contributed by atoms with Gasteiger partial charge in [-0.1, -0.05) is 18.7 Å². The first-order chi connectivity index (χ1) is 12.5. The molecule has 1 heterocycles. The molecule has 0 fully saturated rings. The van der Waals surface area contributed by atoms with Crippen molar-refractivity contribution in [2.45, 2.75) is 32.1 Å². The van der Waals surface area contributed by atoms with E-state index in [4.69, 9.17) is 4.74 Å². The molecule has 1 aromatic heterocycles. The predicted octanol–water partition coefficient (Wildman–Crippen LogP) is 3.71. The summed E-state index contributed by atoms with van der Waals surface area (Å²) >= 11 is 1.45. The normalized spacial score (nSPS) is 16.3. The monoisotopic (exact) mass is 372 g/mol. The van der Waals surface area contributed by atoms with Crippen LogP contribution in [0.4, 0.5) is 5.00 Å². The summed E-state index contributed by atoms with van der Waals surface area (Å²) in [4.78, 5) is 13.4. The number of methoxy groups -OCH3 is 1. The van der Waals surface area contributed by atoms with E-state index in [1.807, 2.05) is 0 Å². The minimum atomic E-state index is -0.147. The number of anilines is 1. The molecule has 1 aromatic rings. The Labute approximate surface area is 158 Å². The number of amides is 1. The molecule has 0 aliphatic heterocycles. The van der Waals surface area contributed by atoms with Gasteiger partial charge in [0.25, 0.3) is 0 Å². The van der Waals surface area contributed by atoms with Gasteiger partial charge in [0, 0.05) is 17.9 Å². The molecule has 1 aliphatic carbocycles. The molecule has 6 heteroatoms. The van der Waals surface area contributed by atoms with Crippen molar-refractivity contribution >= 4 is 22.2 Å². The molecule has 0 aromatic carbocycles. The van der Waals surface area contributed by atoms with Crippen molar-refractivity contribution in [2.24, 2.45) is 5.92 Å². The summed E-state index contributed by atoms with van der Waals surface area (Å²) < 4.78 is 5.10. The van der Waals surface area contributed by atoms with E-state index in [2.05, 4.69) is 24.5 Å². The van der Waals surface area contributed by atoms with Gasteiger partial charge in [0.1, 0.15) is 16.8 Å². The zero-order valence-electron chi connectivity index (χ0n) is 15.0. The van der Waals surface area contributed by atoms with E-state index >= 15 is 0 Å². The molecule has 5 nitrogen and oxygen atoms in total. The fraction of sp³-hybridized carbons (Fsp3) is 0.400. The van der Waals surface area contributed by atoms with Crippen LogP contribution in [0.1, 0.15) is 35.3 Å². The van der Waals surface area contributed by atoms with Crippen molar-refractivity contribution < 1.29 is 14.6 Å². The Morgan fingerprint density at radius 1 is 1.54 bits per heavy atom. The molecule has 1 aliphatic rings. The predicted molar refractivity (Wildman–Crippen MR) is 104 cm³/mol. The molecule has 0 saturated carbocycles. The number of rotatable bonds is 8. The minimum absolute atomic E-state index is 0.147. The zero-order chi connectivity index (χ0) is 19.1. The number of hydrogen-bond donors (Lipinski definition) is 2. The third kappa shape index (κ3) is 4.84. The lowest BCUT2D eigenvalue weighted by atomic mass is 9.88. The second-order valence-electron chi connectivity index (χ2n) is 6.27. The van der Waals surface area contributed by atoms with Crippen molar-refractivity contribution in [3.8, 4) is 6.07 Å². The van der Waals surface area contributed by atoms with E-state index in [0.717, 1.165) is 35.3 Å². The van der Waals surface area contributed by atoms with E-state index < -0.39 is 0 Å². The van der Waals surface area contributed by atoms with Gasteiger partial charge < -0.3 is 15.2 Å². The average Bonchev–Trinajstić information content (AvgIpc) is 3.00. The van der Waals surface area contributed by atoms with Crippen LogP contribution >= 0.6 is 11.3 Å². The SMILES string of the molecule is C=C/C(=C\C(=C)CCC(=O)Nc1sc2c(c1C#N)CCC(CO)C2)OC. The van der Waals surface area contributed by atoms with E-state index in [1.54, 1.807) is 19.3 Å². The van der Waals surface area contributed by atoms with Crippen LogP contribution in [0.5, 0.6) is 0 Å². The van der Waals surface area contributed by atoms with Gasteiger partial charge in [-0.05, 0) is 49.3 Å². The van der Waals surface area contributed by atoms with Gasteiger partial charge in [-0.15, -0.1) is 11.3 Å². The highest BCUT2D eigenvalue weighted by Gasteiger charge is 2.26. The molecule has 1 amide bonds. The Bertz CT molecular complexity index is 771. The molecule has 1 unspecified atom stereocenters. The molecule has 2 rings (SSSR count). The van der Waals surface area contributed by atoms with Gasteiger partial charge in [-0.2, -0.15) is 5.26 Å². The third-order valence-electron chi connectivity index (χ3n) is 4.45. The molecule has 138 valence electrons. The van der Waals surface area contributed by atoms with Crippen LogP contribution in [0.3, 0.4) is 0 Å². The van der Waals surface area contributed by atoms with Gasteiger partial charge in [0.05, 0.1) is 12.7 Å². The van der Waals surface area contributed by atoms with E-state index in [-0.39, 0.29) is 24.9 Å². The number of nitrogens with one attached hydrogen (secondary N) is 1. The van der Waals surface area contributed by atoms with E-state index in [1.165, 1.54) is 11.3 Å². The molecule has 0 radical (unpaired) electrons. The highest BCUT2D eigenvalue weighted by Crippen LogP contribution is 2.39. The standard InChI is InChI=1S/C20H24N2O3S/c1-4-15(25-3)9-13(2)5-8-19(24)22-20-17(11-21)16-7-6-14(12-23)10-18(16)26-20/h4,9,14,23H,1-2,5-8,10,12H2,3H3,(H,22,24)/b15-9+. The van der Waals surface area contributed by atoms with Crippen molar-refractivity contribution in [3.63, 3.8) is 0 Å². The summed E-state index contributed by atoms with van der Waals surface area (Å²) in [5, 5.41) is 22.3. The number of aliphatic hydroxyl groups is 1. The second-order valence-corrected chi connectivity index (χ2v) is 7.38. The van der Waals surface area contributed by atoms with Crippen LogP contribution < -0.4 is 5.32 Å². The summed E-state index contributed by atoms with van der Waals surface area (Å²) in [5.74, 6) is 0.698. The molecule has 0 spiro atoms. The second kappa shape index (κ2) is 9.37. The minimum Gasteiger partial charge on any atom is -0.497 e. The number of thiophene rings is 1. The Balaban J connectivity index is 2.00. The topological polar surface area (TPSA) is 82.4 Å². The highest BCUT2D eigenvalue weighted by molar-refractivity contribution is 7.16. The lowest BCUT2D eigenvalue weighted by molar-refractivity contribution is -0.116. The largest absolute Gasteiger partial charge is 0.497 e. The molecule has 0 bridgehead atoms. The number of allylic oxidation sites excluding steroid dienone is 3. The van der Waals surface area contributed by atoms with Gasteiger partial charge in [-0.3, -0.25) is 4.79 Å². The van der Waals surface area contributed by atoms with Crippen LogP contribution in [-0.4, -0.2) is 24.7 Å². The Morgan fingerprint density at radius 3 is 2.92 bits per heavy atom. The van der Waals surface area contributed by atoms with Crippen LogP contribution in [0.25, 0.3) is 0 Å². The zero-order valence-corrected chi connectivity index (χ0v) is 15.8. The smallest absolute Gasteiger partial charge is 0.225 e. The first-order valence-electron chi connectivity index (χ1n) is 8.53. The van der Waals surface area contributed by atoms with Crippen LogP contribution in [-0.2, 0) is 22.4 Å². The number of carbonyl (C=O) groups is 1. The maximum absolute atomic E-state index is 12.3. The molecule has 26 heavy (non-hydrogen) atoms. The lowest BCUT2D eigenvalue weighted by Gasteiger charge is -2.19. The highest BCUT2D eigenvalue weighted by atomic mass is 32.1. The summed E-state index contributed by atoms with van der Waals surface area (Å²) in [6.07, 6.45) is 6.52. The number of nitrogens with zero attached hydrogens (tertiary/aromatic N) is 1. The summed E-state index contributed by atoms with van der Waals surface area (Å²) in [6, 6.07) is 2.23. The van der Waals surface area contributed by atoms with Crippen molar-refractivity contribution in [3.05, 3.63) is 52.6 Å². The first kappa shape index (κ1) is 20.0. The summed E-state index contributed by atoms with van der Waals surface area (Å²) in [5.41, 5.74) is 2.37. The third-order valence-corrected chi connectivity index (χ3v) is 5.62. The van der Waals surface area contributed by atoms with Crippen LogP contribution in [0.15, 0.2) is 36.6 Å². The first-order valence-corrected chi connectivity index (χ1v) is 9.35. The van der Waals surface area contributed by atoms with E-state index in [9.17, 15) is 15.2 Å². The summed E-state index contributed by atoms with van der Waals surface area (Å²) in [7, 11) is 1.55. The molecule has 0 saturated heterocycles. The average molecular weight is 372 g/mol. The molecular weight excluding hydrogens is 348 g/mol. The number of aliphatic hydroxyl groups excluding tert-OH is 1. The Morgan fingerprint density at radius 2 is 2.31 bits per heavy atom. The molecular formula is C20H24N2O3S. The summed E-state index contributed by atoms with van der Waals surface area (Å²) in [6.45, 7) is 7.71. The van der Waals surface area contributed by atoms with Crippen LogP contribution in [0.2, 0.25) is 0 Å². The van der Waals surface area contributed by atoms with Gasteiger partial charge in [-0.25, -0.2) is 0 Å². The fourth-order valence-electron chi connectivity index (χ4n) is 2.95. The number of carbonyl (C=O) groups excluding carboxylic acids is 1. The van der Waals surface area contributed by atoms with Gasteiger partial charge in [0.2, 0.25) is 5.91 Å². The van der Waals surface area contributed by atoms with Crippen molar-refractivity contribution in [1.82, 2.24) is 0 Å². The molecule has 2 N–H and O–H groups in total. The number of hydrogen-bond acceptors (Lipinski definition) is 5. The number of fused-ring (bicyclic) bond motifs is 1. The Kier molecular flexibility index (Phi) is 7.19. The van der Waals surface area contributed by atoms with Gasteiger partial charge >= 0.3 is 0 Å². The number of ether oxygens (including phenoxy) is 1. The Hall–Kier alpha value is -2.36. The van der Waals surface area contributed by atoms with Crippen molar-refractivity contribution in [1.29, 1.82) is 5.26 Å². The maximum Gasteiger partial charge on any atom is 0.225 e. The molecule has 1 atom stereocenters. The maximum atomic E-state index is 12.3. The van der Waals surface area contributed by atoms with E-state index in [0.29, 0.717) is 22.7 Å². The van der Waals surface area contributed by atoms with Crippen LogP contribution in [0, 0.1) is 17.2 Å². The number of nitriles is 1.